The Morgan fingerprint density at radius 3 is 1.19 bits per heavy atom. The number of phosphoric ester groups is 1. The van der Waals surface area contributed by atoms with Crippen LogP contribution in [0.25, 0.3) is 0 Å². The zero-order valence-electron chi connectivity index (χ0n) is 43.4. The minimum Gasteiger partial charge on any atom is -0.480 e. The number of ether oxygens (including phenoxy) is 1. The minimum absolute atomic E-state index is 0.145. The molecule has 0 heterocycles. The molecule has 0 aliphatic rings. The number of allylic oxidation sites excluding steroid dienone is 8. The molecule has 11 nitrogen and oxygen atoms in total. The Balaban J connectivity index is 3.78. The number of aliphatic hydroxyl groups excluding tert-OH is 1. The van der Waals surface area contributed by atoms with Crippen LogP contribution in [-0.2, 0) is 32.7 Å². The fourth-order valence-corrected chi connectivity index (χ4v) is 8.56. The van der Waals surface area contributed by atoms with Gasteiger partial charge in [0.05, 0.1) is 13.2 Å². The zero-order valence-corrected chi connectivity index (χ0v) is 44.3. The number of hydrogen-bond acceptors (Lipinski definition) is 8. The van der Waals surface area contributed by atoms with Crippen LogP contribution < -0.4 is 5.32 Å². The molecule has 3 unspecified atom stereocenters. The van der Waals surface area contributed by atoms with Gasteiger partial charge in [0.15, 0.2) is 6.04 Å². The number of esters is 1. The van der Waals surface area contributed by atoms with Crippen LogP contribution in [0.5, 0.6) is 0 Å². The fraction of sp³-hybridized carbons (Fsp3) is 0.804. The summed E-state index contributed by atoms with van der Waals surface area (Å²) in [7, 11) is -4.77. The maximum atomic E-state index is 12.4. The van der Waals surface area contributed by atoms with Crippen LogP contribution >= 0.6 is 7.82 Å². The van der Waals surface area contributed by atoms with Gasteiger partial charge >= 0.3 is 19.8 Å². The molecule has 0 radical (unpaired) electrons. The second kappa shape index (κ2) is 50.8. The highest BCUT2D eigenvalue weighted by atomic mass is 31.2. The van der Waals surface area contributed by atoms with E-state index in [9.17, 15) is 34.1 Å². The molecule has 0 spiro atoms. The van der Waals surface area contributed by atoms with Crippen molar-refractivity contribution in [3.05, 3.63) is 48.6 Å². The molecule has 4 N–H and O–H groups in total. The molecular weight excluding hydrogens is 878 g/mol. The van der Waals surface area contributed by atoms with Crippen molar-refractivity contribution in [2.24, 2.45) is 0 Å². The summed E-state index contributed by atoms with van der Waals surface area (Å²) in [5.74, 6) is -2.37. The largest absolute Gasteiger partial charge is 0.480 e. The SMILES string of the molecule is CCCCC/C=C\C/C=C\CCCCCCCCCCCCCCCC(=O)NC(COP(=O)(O)OCC(O)COC(=O)CCCCCCCCCCCCC/C=C\C/C=C\CCCCC)C(=O)O. The number of carboxylic acids is 1. The molecule has 1 amide bonds. The smallest absolute Gasteiger partial charge is 0.472 e. The van der Waals surface area contributed by atoms with Crippen molar-refractivity contribution in [1.82, 2.24) is 5.32 Å². The van der Waals surface area contributed by atoms with Gasteiger partial charge in [0.25, 0.3) is 0 Å². The van der Waals surface area contributed by atoms with Gasteiger partial charge in [-0.15, -0.1) is 0 Å². The van der Waals surface area contributed by atoms with Gasteiger partial charge in [0, 0.05) is 12.8 Å². The summed E-state index contributed by atoms with van der Waals surface area (Å²) in [6.45, 7) is 2.59. The summed E-state index contributed by atoms with van der Waals surface area (Å²) >= 11 is 0. The molecule has 12 heteroatoms. The topological polar surface area (TPSA) is 169 Å². The molecule has 396 valence electrons. The number of carboxylic acid groups (broad SMARTS) is 1. The van der Waals surface area contributed by atoms with E-state index < -0.39 is 57.6 Å². The van der Waals surface area contributed by atoms with Crippen LogP contribution in [-0.4, -0.2) is 64.9 Å². The van der Waals surface area contributed by atoms with Gasteiger partial charge in [0.2, 0.25) is 5.91 Å². The first-order valence-corrected chi connectivity index (χ1v) is 29.2. The Morgan fingerprint density at radius 2 is 0.809 bits per heavy atom. The van der Waals surface area contributed by atoms with E-state index in [0.717, 1.165) is 51.4 Å². The first kappa shape index (κ1) is 65.4. The maximum absolute atomic E-state index is 12.4. The number of aliphatic carboxylic acids is 1. The highest BCUT2D eigenvalue weighted by molar-refractivity contribution is 7.47. The monoisotopic (exact) mass is 980 g/mol. The van der Waals surface area contributed by atoms with Crippen LogP contribution in [0.3, 0.4) is 0 Å². The van der Waals surface area contributed by atoms with Gasteiger partial charge in [-0.2, -0.15) is 0 Å². The van der Waals surface area contributed by atoms with Gasteiger partial charge in [-0.25, -0.2) is 9.36 Å². The Morgan fingerprint density at radius 1 is 0.471 bits per heavy atom. The quantitative estimate of drug-likeness (QED) is 0.0199. The lowest BCUT2D eigenvalue weighted by atomic mass is 10.0. The molecule has 0 aromatic heterocycles. The van der Waals surface area contributed by atoms with E-state index in [0.29, 0.717) is 12.8 Å². The van der Waals surface area contributed by atoms with Crippen molar-refractivity contribution in [3.8, 4) is 0 Å². The van der Waals surface area contributed by atoms with E-state index in [-0.39, 0.29) is 12.8 Å². The van der Waals surface area contributed by atoms with Crippen LogP contribution in [0.1, 0.15) is 258 Å². The van der Waals surface area contributed by atoms with Crippen molar-refractivity contribution in [1.29, 1.82) is 0 Å². The van der Waals surface area contributed by atoms with E-state index >= 15 is 0 Å². The normalized spacial score (nSPS) is 13.8. The molecule has 0 saturated carbocycles. The lowest BCUT2D eigenvalue weighted by molar-refractivity contribution is -0.147. The summed E-state index contributed by atoms with van der Waals surface area (Å²) in [6, 6.07) is -1.55. The number of amides is 1. The maximum Gasteiger partial charge on any atom is 0.472 e. The average molecular weight is 980 g/mol. The molecule has 0 aliphatic heterocycles. The second-order valence-electron chi connectivity index (χ2n) is 18.8. The van der Waals surface area contributed by atoms with Gasteiger partial charge in [-0.1, -0.05) is 217 Å². The van der Waals surface area contributed by atoms with Crippen molar-refractivity contribution in [2.75, 3.05) is 19.8 Å². The fourth-order valence-electron chi connectivity index (χ4n) is 7.79. The van der Waals surface area contributed by atoms with Gasteiger partial charge in [-0.05, 0) is 77.0 Å². The summed E-state index contributed by atoms with van der Waals surface area (Å²) < 4.78 is 27.0. The highest BCUT2D eigenvalue weighted by Crippen LogP contribution is 2.43. The van der Waals surface area contributed by atoms with Crippen molar-refractivity contribution in [2.45, 2.75) is 270 Å². The number of rotatable bonds is 52. The number of aliphatic hydroxyl groups is 1. The minimum atomic E-state index is -4.77. The third kappa shape index (κ3) is 49.8. The van der Waals surface area contributed by atoms with E-state index in [1.54, 1.807) is 0 Å². The predicted octanol–water partition coefficient (Wildman–Crippen LogP) is 15.7. The second-order valence-corrected chi connectivity index (χ2v) is 20.2. The summed E-state index contributed by atoms with van der Waals surface area (Å²) in [6.07, 6.45) is 59.9. The molecule has 68 heavy (non-hydrogen) atoms. The van der Waals surface area contributed by atoms with Crippen LogP contribution in [0, 0.1) is 0 Å². The molecular formula is C56H102NO10P. The zero-order chi connectivity index (χ0) is 49.9. The molecule has 0 aromatic carbocycles. The molecule has 0 saturated heterocycles. The Hall–Kier alpha value is -2.56. The van der Waals surface area contributed by atoms with Gasteiger partial charge < -0.3 is 25.2 Å². The number of carbonyl (C=O) groups excluding carboxylic acids is 2. The number of unbranched alkanes of at least 4 members (excludes halogenated alkanes) is 30. The Labute approximate surface area is 415 Å². The number of hydrogen-bond donors (Lipinski definition) is 4. The average Bonchev–Trinajstić information content (AvgIpc) is 3.32. The summed E-state index contributed by atoms with van der Waals surface area (Å²) in [4.78, 5) is 46.2. The Kier molecular flexibility index (Phi) is 48.9. The number of phosphoric acid groups is 1. The van der Waals surface area contributed by atoms with E-state index in [1.807, 2.05) is 0 Å². The van der Waals surface area contributed by atoms with Crippen molar-refractivity contribution >= 4 is 25.7 Å². The lowest BCUT2D eigenvalue weighted by Crippen LogP contribution is -2.43. The summed E-state index contributed by atoms with van der Waals surface area (Å²) in [5.41, 5.74) is 0. The summed E-state index contributed by atoms with van der Waals surface area (Å²) in [5, 5.41) is 22.0. The van der Waals surface area contributed by atoms with Gasteiger partial charge in [0.1, 0.15) is 12.7 Å². The third-order valence-corrected chi connectivity index (χ3v) is 13.0. The van der Waals surface area contributed by atoms with E-state index in [2.05, 4.69) is 67.8 Å². The number of carbonyl (C=O) groups is 3. The molecule has 0 aliphatic carbocycles. The highest BCUT2D eigenvalue weighted by Gasteiger charge is 2.28. The molecule has 3 atom stereocenters. The van der Waals surface area contributed by atoms with Crippen LogP contribution in [0.4, 0.5) is 0 Å². The lowest BCUT2D eigenvalue weighted by Gasteiger charge is -2.18. The first-order valence-electron chi connectivity index (χ1n) is 27.7. The van der Waals surface area contributed by atoms with Crippen molar-refractivity contribution < 1.29 is 47.8 Å². The van der Waals surface area contributed by atoms with Gasteiger partial charge in [-0.3, -0.25) is 18.6 Å². The number of nitrogens with one attached hydrogen (secondary N) is 1. The third-order valence-electron chi connectivity index (χ3n) is 12.1. The predicted molar refractivity (Wildman–Crippen MR) is 282 cm³/mol. The van der Waals surface area contributed by atoms with Crippen LogP contribution in [0.15, 0.2) is 48.6 Å². The molecule has 0 aromatic rings. The van der Waals surface area contributed by atoms with Crippen molar-refractivity contribution in [3.63, 3.8) is 0 Å². The molecule has 0 rings (SSSR count). The first-order chi connectivity index (χ1) is 33.1. The molecule has 0 fully saturated rings. The van der Waals surface area contributed by atoms with Crippen LogP contribution in [0.2, 0.25) is 0 Å². The Bertz CT molecular complexity index is 1330. The van der Waals surface area contributed by atoms with E-state index in [4.69, 9.17) is 13.8 Å². The standard InChI is InChI=1S/C56H102NO10P/c1-3-5-7-9-11-13-15-17-19-21-23-25-26-28-29-31-33-35-37-39-41-43-45-47-54(59)57-53(56(61)62)51-67-68(63,64)66-50-52(58)49-65-55(60)48-46-44-42-40-38-36-34-32-30-27-24-22-20-18-16-14-12-10-8-6-4-2/h11-14,17-20,52-53,58H,3-10,15-16,21-51H2,1-2H3,(H,57,59)(H,61,62)(H,63,64)/b13-11-,14-12-,19-17-,20-18-. The van der Waals surface area contributed by atoms with E-state index in [1.165, 1.54) is 167 Å². The molecule has 0 bridgehead atoms.